The van der Waals surface area contributed by atoms with Crippen molar-refractivity contribution in [2.24, 2.45) is 17.3 Å². The maximum Gasteiger partial charge on any atom is 0.324 e. The molecule has 2 aromatic heterocycles. The summed E-state index contributed by atoms with van der Waals surface area (Å²) in [6.45, 7) is 16.0. The van der Waals surface area contributed by atoms with E-state index in [9.17, 15) is 29.1 Å². The number of pyridine rings is 1. The van der Waals surface area contributed by atoms with E-state index in [1.54, 1.807) is 43.5 Å². The fourth-order valence-electron chi connectivity index (χ4n) is 10.3. The number of carbonyl (C=O) groups is 5. The van der Waals surface area contributed by atoms with Crippen molar-refractivity contribution in [2.75, 3.05) is 40.4 Å². The molecule has 6 bridgehead atoms. The van der Waals surface area contributed by atoms with Gasteiger partial charge in [0.25, 0.3) is 5.91 Å². The first kappa shape index (κ1) is 51.5. The number of hydrogen-bond donors (Lipinski definition) is 3. The van der Waals surface area contributed by atoms with Crippen molar-refractivity contribution in [3.63, 3.8) is 0 Å². The van der Waals surface area contributed by atoms with E-state index in [0.29, 0.717) is 57.4 Å². The summed E-state index contributed by atoms with van der Waals surface area (Å²) in [7, 11) is 3.27. The number of aromatic hydroxyl groups is 1. The van der Waals surface area contributed by atoms with Crippen LogP contribution in [0, 0.1) is 17.3 Å². The van der Waals surface area contributed by atoms with Crippen LogP contribution in [0.4, 0.5) is 0 Å². The second-order valence-electron chi connectivity index (χ2n) is 20.3. The summed E-state index contributed by atoms with van der Waals surface area (Å²) in [6.07, 6.45) is 11.6. The van der Waals surface area contributed by atoms with Gasteiger partial charge in [-0.15, -0.1) is 0 Å². The van der Waals surface area contributed by atoms with Crippen molar-refractivity contribution < 1.29 is 38.6 Å². The summed E-state index contributed by atoms with van der Waals surface area (Å²) in [6, 6.07) is 10.5. The minimum atomic E-state index is -1.17. The number of ether oxygens (including phenoxy) is 2. The normalized spacial score (nSPS) is 20.4. The van der Waals surface area contributed by atoms with E-state index in [4.69, 9.17) is 9.47 Å². The van der Waals surface area contributed by atoms with Gasteiger partial charge >= 0.3 is 5.97 Å². The van der Waals surface area contributed by atoms with Crippen molar-refractivity contribution in [3.8, 4) is 28.1 Å². The Morgan fingerprint density at radius 2 is 1.87 bits per heavy atom. The predicted molar refractivity (Wildman–Crippen MR) is 270 cm³/mol. The number of aryl methyl sites for hydroxylation is 1. The zero-order valence-corrected chi connectivity index (χ0v) is 42.3. The standard InChI is InChI=1S/C55H71N7O8/c1-10-35(5)14-12-16-48(64)60-23-20-38(31-60)52(66)59(8)49(34(3)4)51(65)57-46-26-36-24-40(27-41(63)25-36)37-17-18-47-42(28-37)43(50(61(47)11-2)44-30-56-21-19-39(44)32-69-9)29-55(6,7)33-70-54(68)45-15-13-22-62(58-45)53(46)67/h10,12,16-19,21,24-25,27-28,30,34,38,45-46,49,58,63H,11,13-15,20,22-23,26,29,31-33H2,1-9H3,(H,57,65)/b16-12+,35-10?/t38-,45-,46-,49-/m0/s1. The Morgan fingerprint density at radius 1 is 1.09 bits per heavy atom. The van der Waals surface area contributed by atoms with Gasteiger partial charge in [-0.2, -0.15) is 0 Å². The number of hydrazine groups is 1. The number of phenolic OH excluding ortho intramolecular Hbond substituents is 1. The summed E-state index contributed by atoms with van der Waals surface area (Å²) in [4.78, 5) is 78.2. The molecule has 3 aliphatic rings. The number of benzene rings is 2. The molecule has 15 heteroatoms. The molecule has 15 nitrogen and oxygen atoms in total. The van der Waals surface area contributed by atoms with E-state index in [2.05, 4.69) is 53.2 Å². The lowest BCUT2D eigenvalue weighted by molar-refractivity contribution is -0.155. The highest BCUT2D eigenvalue weighted by atomic mass is 16.5. The number of esters is 1. The number of nitrogens with one attached hydrogen (secondary N) is 2. The van der Waals surface area contributed by atoms with Crippen LogP contribution < -0.4 is 10.7 Å². The second-order valence-corrected chi connectivity index (χ2v) is 20.3. The Balaban J connectivity index is 1.24. The topological polar surface area (TPSA) is 176 Å². The molecule has 4 atom stereocenters. The van der Waals surface area contributed by atoms with E-state index in [0.717, 1.165) is 50.0 Å². The highest BCUT2D eigenvalue weighted by molar-refractivity contribution is 5.96. The number of methoxy groups -OCH3 is 1. The Bertz CT molecular complexity index is 2670. The van der Waals surface area contributed by atoms with Crippen molar-refractivity contribution in [3.05, 3.63) is 95.3 Å². The highest BCUT2D eigenvalue weighted by Crippen LogP contribution is 2.41. The highest BCUT2D eigenvalue weighted by Gasteiger charge is 2.40. The Morgan fingerprint density at radius 3 is 2.60 bits per heavy atom. The number of cyclic esters (lactones) is 1. The number of hydrogen-bond acceptors (Lipinski definition) is 10. The monoisotopic (exact) mass is 958 g/mol. The Hall–Kier alpha value is -6.32. The number of aromatic nitrogens is 2. The molecule has 0 radical (unpaired) electrons. The average Bonchev–Trinajstić information content (AvgIpc) is 3.95. The van der Waals surface area contributed by atoms with Crippen LogP contribution >= 0.6 is 0 Å². The number of rotatable bonds is 12. The van der Waals surface area contributed by atoms with E-state index < -0.39 is 47.2 Å². The van der Waals surface area contributed by atoms with Gasteiger partial charge in [0.2, 0.25) is 17.7 Å². The minimum absolute atomic E-state index is 0.0101. The lowest BCUT2D eigenvalue weighted by Crippen LogP contribution is -2.62. The van der Waals surface area contributed by atoms with Crippen LogP contribution in [-0.4, -0.2) is 118 Å². The first-order chi connectivity index (χ1) is 33.4. The third-order valence-corrected chi connectivity index (χ3v) is 14.0. The van der Waals surface area contributed by atoms with Crippen LogP contribution in [-0.2, 0) is 59.4 Å². The molecule has 7 rings (SSSR count). The minimum Gasteiger partial charge on any atom is -0.508 e. The van der Waals surface area contributed by atoms with Crippen LogP contribution in [0.2, 0.25) is 0 Å². The molecule has 374 valence electrons. The van der Waals surface area contributed by atoms with Gasteiger partial charge in [-0.1, -0.05) is 57.6 Å². The van der Waals surface area contributed by atoms with Crippen molar-refractivity contribution in [2.45, 2.75) is 118 Å². The average molecular weight is 958 g/mol. The molecule has 2 aromatic carbocycles. The number of fused-ring (bicyclic) bond motifs is 6. The lowest BCUT2D eigenvalue weighted by atomic mass is 9.84. The van der Waals surface area contributed by atoms with E-state index in [1.807, 2.05) is 64.2 Å². The molecule has 0 unspecified atom stereocenters. The quantitative estimate of drug-likeness (QED) is 0.0753. The summed E-state index contributed by atoms with van der Waals surface area (Å²) in [5.41, 5.74) is 10.9. The largest absolute Gasteiger partial charge is 0.508 e. The molecule has 4 amide bonds. The Labute approximate surface area is 412 Å². The number of carbonyl (C=O) groups excluding carboxylic acids is 5. The first-order valence-corrected chi connectivity index (χ1v) is 24.7. The molecule has 3 N–H and O–H groups in total. The number of likely N-dealkylation sites (tertiary alicyclic amines) is 1. The van der Waals surface area contributed by atoms with Gasteiger partial charge in [0, 0.05) is 81.0 Å². The van der Waals surface area contributed by atoms with Crippen LogP contribution in [0.3, 0.4) is 0 Å². The molecular formula is C55H71N7O8. The fraction of sp³-hybridized carbons (Fsp3) is 0.491. The van der Waals surface area contributed by atoms with Gasteiger partial charge in [-0.25, -0.2) is 5.43 Å². The van der Waals surface area contributed by atoms with E-state index >= 15 is 0 Å². The van der Waals surface area contributed by atoms with Crippen LogP contribution in [0.5, 0.6) is 5.75 Å². The number of amides is 4. The van der Waals surface area contributed by atoms with Gasteiger partial charge in [0.05, 0.1) is 24.8 Å². The molecule has 0 aliphatic carbocycles. The smallest absolute Gasteiger partial charge is 0.324 e. The van der Waals surface area contributed by atoms with Gasteiger partial charge in [-0.05, 0) is 123 Å². The number of phenols is 1. The van der Waals surface area contributed by atoms with Crippen LogP contribution in [0.1, 0.15) is 90.8 Å². The SMILES string of the molecule is CC=C(C)C/C=C/C(=O)N1CC[C@H](C(=O)N(C)[C@H](C(=O)N[C@H]2Cc3cc(O)cc(c3)-c3ccc4c(c3)c(c(-c3cnccc3COC)n4CC)CC(C)(C)COC(=O)[C@@H]3CCCN(N3)C2=O)C(C)C)C1. The summed E-state index contributed by atoms with van der Waals surface area (Å²) in [5, 5.41) is 16.8. The molecule has 0 saturated carbocycles. The van der Waals surface area contributed by atoms with Crippen molar-refractivity contribution >= 4 is 40.5 Å². The zero-order chi connectivity index (χ0) is 50.4. The predicted octanol–water partition coefficient (Wildman–Crippen LogP) is 7.13. The van der Waals surface area contributed by atoms with E-state index in [-0.39, 0.29) is 49.6 Å². The number of allylic oxidation sites excluding steroid dienone is 3. The van der Waals surface area contributed by atoms with Crippen LogP contribution in [0.25, 0.3) is 33.3 Å². The maximum atomic E-state index is 14.8. The third-order valence-electron chi connectivity index (χ3n) is 14.0. The number of likely N-dealkylation sites (N-methyl/N-ethyl adjacent to an activating group) is 1. The second kappa shape index (κ2) is 22.2. The lowest BCUT2D eigenvalue weighted by Gasteiger charge is -2.37. The molecule has 0 spiro atoms. The van der Waals surface area contributed by atoms with Crippen molar-refractivity contribution in [1.82, 2.24) is 35.1 Å². The molecule has 4 aromatic rings. The van der Waals surface area contributed by atoms with Gasteiger partial charge < -0.3 is 34.3 Å². The molecule has 70 heavy (non-hydrogen) atoms. The van der Waals surface area contributed by atoms with E-state index in [1.165, 1.54) is 9.91 Å². The molecule has 2 fully saturated rings. The van der Waals surface area contributed by atoms with Gasteiger partial charge in [-0.3, -0.25) is 34.0 Å². The fourth-order valence-corrected chi connectivity index (χ4v) is 10.3. The zero-order valence-electron chi connectivity index (χ0n) is 42.3. The molecule has 3 aliphatic heterocycles. The summed E-state index contributed by atoms with van der Waals surface area (Å²) < 4.78 is 14.0. The van der Waals surface area contributed by atoms with Gasteiger partial charge in [0.15, 0.2) is 0 Å². The Kier molecular flexibility index (Phi) is 16.3. The van der Waals surface area contributed by atoms with Crippen molar-refractivity contribution in [1.29, 1.82) is 0 Å². The van der Waals surface area contributed by atoms with Crippen LogP contribution in [0.15, 0.2) is 78.7 Å². The van der Waals surface area contributed by atoms with Gasteiger partial charge in [0.1, 0.15) is 23.9 Å². The maximum absolute atomic E-state index is 14.8. The summed E-state index contributed by atoms with van der Waals surface area (Å²) >= 11 is 0. The molecule has 2 saturated heterocycles. The number of nitrogens with zero attached hydrogens (tertiary/aromatic N) is 5. The third kappa shape index (κ3) is 11.5. The molecule has 5 heterocycles. The summed E-state index contributed by atoms with van der Waals surface area (Å²) in [5.74, 6) is -2.75. The molecular weight excluding hydrogens is 887 g/mol. The first-order valence-electron chi connectivity index (χ1n) is 24.7.